The second kappa shape index (κ2) is 27.8. The van der Waals surface area contributed by atoms with Crippen LogP contribution in [-0.2, 0) is 49.5 Å². The number of aliphatic hydroxyl groups excluding tert-OH is 1. The summed E-state index contributed by atoms with van der Waals surface area (Å²) >= 11 is 0. The molecular weight excluding hydrogens is 897 g/mol. The number of benzene rings is 1. The minimum absolute atomic E-state index is 0.00425. The highest BCUT2D eigenvalue weighted by Gasteiger charge is 2.44. The average molecular weight is 973 g/mol. The van der Waals surface area contributed by atoms with Crippen LogP contribution in [0.2, 0.25) is 0 Å². The SMILES string of the molecule is CCCCCC(=O)NC(CC(=O)O)C(=O)NC1C(=O)NC(CCCN=C(N)N)C(=O)NC2CCC(O)N(C2)C(C(C)CC)C(=O)N(C)C(Cc2ccc(O)cc2)C(=O)NC(C(C)CC)C(=O)OC1C. The van der Waals surface area contributed by atoms with Crippen LogP contribution in [0.5, 0.6) is 5.75 Å². The molecule has 6 amide bonds. The molecule has 2 heterocycles. The van der Waals surface area contributed by atoms with Crippen LogP contribution in [0.1, 0.15) is 118 Å². The molecule has 0 aliphatic carbocycles. The number of phenols is 1. The molecule has 2 saturated heterocycles. The maximum Gasteiger partial charge on any atom is 0.329 e. The Morgan fingerprint density at radius 1 is 0.913 bits per heavy atom. The highest BCUT2D eigenvalue weighted by atomic mass is 16.5. The van der Waals surface area contributed by atoms with Crippen molar-refractivity contribution >= 4 is 53.3 Å². The van der Waals surface area contributed by atoms with Gasteiger partial charge in [0.15, 0.2) is 5.96 Å². The number of fused-ring (bicyclic) bond motifs is 2. The number of carbonyl (C=O) groups excluding carboxylic acids is 7. The Bertz CT molecular complexity index is 1950. The number of hydrogen-bond acceptors (Lipinski definition) is 13. The van der Waals surface area contributed by atoms with Crippen molar-refractivity contribution in [3.05, 3.63) is 29.8 Å². The van der Waals surface area contributed by atoms with Gasteiger partial charge in [-0.3, -0.25) is 43.5 Å². The summed E-state index contributed by atoms with van der Waals surface area (Å²) in [6.45, 7) is 10.5. The third kappa shape index (κ3) is 17.5. The van der Waals surface area contributed by atoms with Crippen LogP contribution in [0.3, 0.4) is 0 Å². The number of hydrogen-bond donors (Lipinski definition) is 10. The van der Waals surface area contributed by atoms with Crippen LogP contribution in [0.4, 0.5) is 0 Å². The number of nitrogens with two attached hydrogens (primary N) is 2. The number of rotatable bonds is 19. The number of nitrogens with one attached hydrogen (secondary N) is 5. The number of guanidine groups is 1. The zero-order chi connectivity index (χ0) is 51.5. The van der Waals surface area contributed by atoms with Crippen molar-refractivity contribution in [2.45, 2.75) is 173 Å². The summed E-state index contributed by atoms with van der Waals surface area (Å²) in [5.74, 6) is -8.29. The molecule has 69 heavy (non-hydrogen) atoms. The highest BCUT2D eigenvalue weighted by molar-refractivity contribution is 5.96. The summed E-state index contributed by atoms with van der Waals surface area (Å²) < 4.78 is 5.90. The molecule has 0 saturated carbocycles. The fourth-order valence-electron chi connectivity index (χ4n) is 8.37. The number of amides is 6. The monoisotopic (exact) mass is 973 g/mol. The first-order chi connectivity index (χ1) is 32.6. The van der Waals surface area contributed by atoms with E-state index in [1.807, 2.05) is 20.8 Å². The minimum Gasteiger partial charge on any atom is -0.508 e. The molecule has 0 radical (unpaired) electrons. The van der Waals surface area contributed by atoms with Gasteiger partial charge in [0.25, 0.3) is 0 Å². The number of piperidine rings is 1. The van der Waals surface area contributed by atoms with Gasteiger partial charge < -0.3 is 63.0 Å². The van der Waals surface area contributed by atoms with Crippen molar-refractivity contribution in [1.82, 2.24) is 36.4 Å². The summed E-state index contributed by atoms with van der Waals surface area (Å²) in [5.41, 5.74) is 11.6. The number of aliphatic hydroxyl groups is 1. The molecule has 2 bridgehead atoms. The van der Waals surface area contributed by atoms with Gasteiger partial charge in [0.05, 0.1) is 12.5 Å². The molecule has 0 spiro atoms. The number of aliphatic imine (C=N–C) groups is 1. The van der Waals surface area contributed by atoms with Gasteiger partial charge in [-0.25, -0.2) is 4.79 Å². The highest BCUT2D eigenvalue weighted by Crippen LogP contribution is 2.27. The van der Waals surface area contributed by atoms with Crippen LogP contribution >= 0.6 is 0 Å². The number of carbonyl (C=O) groups is 8. The Balaban J connectivity index is 2.23. The van der Waals surface area contributed by atoms with Crippen LogP contribution in [-0.4, -0.2) is 153 Å². The normalized spacial score (nSPS) is 26.5. The summed E-state index contributed by atoms with van der Waals surface area (Å²) in [6.07, 6.45) is -0.229. The molecule has 22 nitrogen and oxygen atoms in total. The van der Waals surface area contributed by atoms with Crippen LogP contribution in [0, 0.1) is 11.8 Å². The van der Waals surface area contributed by atoms with Crippen LogP contribution in [0.15, 0.2) is 29.3 Å². The number of nitrogens with zero attached hydrogens (tertiary/aromatic N) is 3. The van der Waals surface area contributed by atoms with Crippen molar-refractivity contribution in [3.8, 4) is 5.75 Å². The van der Waals surface area contributed by atoms with E-state index < -0.39 is 114 Å². The number of likely N-dealkylation sites (N-methyl/N-ethyl adjacent to an activating group) is 1. The van der Waals surface area contributed by atoms with Crippen molar-refractivity contribution < 1.29 is 58.4 Å². The maximum absolute atomic E-state index is 14.9. The van der Waals surface area contributed by atoms with Crippen molar-refractivity contribution in [2.75, 3.05) is 20.1 Å². The van der Waals surface area contributed by atoms with Gasteiger partial charge in [-0.05, 0) is 68.6 Å². The van der Waals surface area contributed by atoms with Gasteiger partial charge in [-0.1, -0.05) is 72.4 Å². The van der Waals surface area contributed by atoms with Crippen LogP contribution < -0.4 is 38.1 Å². The third-order valence-corrected chi connectivity index (χ3v) is 12.9. The summed E-state index contributed by atoms with van der Waals surface area (Å²) in [4.78, 5) is 119. The lowest BCUT2D eigenvalue weighted by molar-refractivity contribution is -0.158. The van der Waals surface area contributed by atoms with Gasteiger partial charge in [0.1, 0.15) is 48.3 Å². The van der Waals surface area contributed by atoms with E-state index in [1.54, 1.807) is 30.9 Å². The number of cyclic esters (lactones) is 1. The second-order valence-electron chi connectivity index (χ2n) is 18.3. The number of ether oxygens (including phenoxy) is 1. The predicted octanol–water partition coefficient (Wildman–Crippen LogP) is 0.115. The molecule has 1 aromatic rings. The first kappa shape index (κ1) is 57.3. The van der Waals surface area contributed by atoms with Gasteiger partial charge >= 0.3 is 11.9 Å². The number of aliphatic carboxylic acids is 1. The fraction of sp³-hybridized carbons (Fsp3) is 0.681. The number of unbranched alkanes of at least 4 members (excludes halogenated alkanes) is 2. The molecule has 2 aliphatic rings. The van der Waals surface area contributed by atoms with E-state index in [1.165, 1.54) is 31.0 Å². The number of carboxylic acid groups (broad SMARTS) is 1. The van der Waals surface area contributed by atoms with Gasteiger partial charge in [0.2, 0.25) is 35.4 Å². The maximum atomic E-state index is 14.9. The lowest BCUT2D eigenvalue weighted by Gasteiger charge is -2.45. The van der Waals surface area contributed by atoms with E-state index in [0.717, 1.165) is 6.42 Å². The quantitative estimate of drug-likeness (QED) is 0.0381. The smallest absolute Gasteiger partial charge is 0.329 e. The Hall–Kier alpha value is -6.03. The Labute approximate surface area is 404 Å². The van der Waals surface area contributed by atoms with E-state index >= 15 is 0 Å². The summed E-state index contributed by atoms with van der Waals surface area (Å²) in [6, 6.07) is -3.03. The molecule has 12 N–H and O–H groups in total. The first-order valence-electron chi connectivity index (χ1n) is 24.1. The number of aromatic hydroxyl groups is 1. The van der Waals surface area contributed by atoms with Gasteiger partial charge in [0, 0.05) is 39.0 Å². The largest absolute Gasteiger partial charge is 0.508 e. The topological polar surface area (TPSA) is 338 Å². The fourth-order valence-corrected chi connectivity index (χ4v) is 8.37. The molecule has 22 heteroatoms. The lowest BCUT2D eigenvalue weighted by atomic mass is 9.91. The Morgan fingerprint density at radius 3 is 2.19 bits per heavy atom. The molecule has 12 atom stereocenters. The van der Waals surface area contributed by atoms with Crippen molar-refractivity contribution in [2.24, 2.45) is 28.3 Å². The van der Waals surface area contributed by atoms with Gasteiger partial charge in [-0.2, -0.15) is 0 Å². The Morgan fingerprint density at radius 2 is 1.58 bits per heavy atom. The number of phenolic OH excluding ortho intramolecular Hbond substituents is 1. The zero-order valence-corrected chi connectivity index (χ0v) is 41.1. The number of carboxylic acids is 1. The Kier molecular flexibility index (Phi) is 23.1. The molecule has 3 rings (SSSR count). The summed E-state index contributed by atoms with van der Waals surface area (Å²) in [5, 5.41) is 44.6. The van der Waals surface area contributed by atoms with Crippen molar-refractivity contribution in [1.29, 1.82) is 0 Å². The van der Waals surface area contributed by atoms with Gasteiger partial charge in [-0.15, -0.1) is 0 Å². The molecule has 2 aliphatic heterocycles. The lowest BCUT2D eigenvalue weighted by Crippen LogP contribution is -2.64. The van der Waals surface area contributed by atoms with E-state index in [0.29, 0.717) is 31.2 Å². The molecule has 0 aromatic heterocycles. The first-order valence-corrected chi connectivity index (χ1v) is 24.1. The minimum atomic E-state index is -1.80. The molecule has 386 valence electrons. The molecule has 2 fully saturated rings. The molecular formula is C47H76N10O12. The van der Waals surface area contributed by atoms with E-state index in [4.69, 9.17) is 16.2 Å². The van der Waals surface area contributed by atoms with E-state index in [2.05, 4.69) is 31.6 Å². The second-order valence-corrected chi connectivity index (χ2v) is 18.3. The predicted molar refractivity (Wildman–Crippen MR) is 255 cm³/mol. The van der Waals surface area contributed by atoms with Crippen molar-refractivity contribution in [3.63, 3.8) is 0 Å². The zero-order valence-electron chi connectivity index (χ0n) is 41.1. The standard InChI is InChI=1S/C47H76N10O12/c1-8-11-12-15-35(59)52-33(24-37(61)62)42(64)55-39-28(6)69-46(68)38(26(4)9-2)54-43(65)34(23-29-16-19-31(58)20-17-29)56(7)45(67)40(27(5)10-3)57-25-30(18-21-36(57)60)51-41(63)32(53-44(39)66)14-13-22-50-47(48)49/h16-17,19-20,26-28,30,32-34,36,38-40,58,60H,8-15,18,21-25H2,1-7H3,(H,51,63)(H,52,59)(H,53,66)(H,54,65)(H,55,64)(H,61,62)(H4,48,49,50). The van der Waals surface area contributed by atoms with E-state index in [-0.39, 0.29) is 69.2 Å². The van der Waals surface area contributed by atoms with Crippen LogP contribution in [0.25, 0.3) is 0 Å². The third-order valence-electron chi connectivity index (χ3n) is 12.9. The summed E-state index contributed by atoms with van der Waals surface area (Å²) in [7, 11) is 1.46. The molecule has 1 aromatic carbocycles. The number of esters is 1. The average Bonchev–Trinajstić information content (AvgIpc) is 3.30. The van der Waals surface area contributed by atoms with E-state index in [9.17, 15) is 53.7 Å². The molecule has 12 unspecified atom stereocenters.